The van der Waals surface area contributed by atoms with Gasteiger partial charge in [0.2, 0.25) is 0 Å². The molecule has 31 heavy (non-hydrogen) atoms. The summed E-state index contributed by atoms with van der Waals surface area (Å²) in [6, 6.07) is 9.51. The van der Waals surface area contributed by atoms with Gasteiger partial charge in [0.1, 0.15) is 11.6 Å². The molecule has 0 saturated heterocycles. The Bertz CT molecular complexity index is 787. The maximum Gasteiger partial charge on any atom is 0.131 e. The summed E-state index contributed by atoms with van der Waals surface area (Å²) >= 11 is 0. The third kappa shape index (κ3) is 7.98. The lowest BCUT2D eigenvalue weighted by Gasteiger charge is -2.27. The van der Waals surface area contributed by atoms with E-state index in [-0.39, 0.29) is 0 Å². The second kappa shape index (κ2) is 13.1. The lowest BCUT2D eigenvalue weighted by Crippen LogP contribution is -2.20. The fourth-order valence-electron chi connectivity index (χ4n) is 4.42. The molecule has 166 valence electrons. The molecule has 1 heterocycles. The van der Waals surface area contributed by atoms with Gasteiger partial charge in [-0.3, -0.25) is 0 Å². The van der Waals surface area contributed by atoms with Crippen molar-refractivity contribution in [2.24, 2.45) is 5.92 Å². The van der Waals surface area contributed by atoms with Crippen molar-refractivity contribution in [2.75, 3.05) is 6.61 Å². The van der Waals surface area contributed by atoms with Crippen LogP contribution in [0.25, 0.3) is 0 Å². The van der Waals surface area contributed by atoms with E-state index in [1.807, 2.05) is 12.1 Å². The van der Waals surface area contributed by atoms with Crippen molar-refractivity contribution in [2.45, 2.75) is 89.9 Å². The number of aryl methyl sites for hydroxylation is 1. The normalized spacial score (nSPS) is 18.5. The zero-order chi connectivity index (χ0) is 21.7. The molecule has 0 spiro atoms. The highest BCUT2D eigenvalue weighted by Crippen LogP contribution is 2.34. The van der Waals surface area contributed by atoms with Crippen LogP contribution in [0.15, 0.2) is 36.7 Å². The molecule has 0 bridgehead atoms. The van der Waals surface area contributed by atoms with E-state index in [0.29, 0.717) is 17.4 Å². The van der Waals surface area contributed by atoms with E-state index < -0.39 is 0 Å². The molecule has 3 rings (SSSR count). The number of unbranched alkanes of at least 4 members (excludes halogenated alkanes) is 6. The van der Waals surface area contributed by atoms with Gasteiger partial charge in [-0.25, -0.2) is 9.97 Å². The van der Waals surface area contributed by atoms with Gasteiger partial charge >= 0.3 is 0 Å². The smallest absolute Gasteiger partial charge is 0.131 e. The van der Waals surface area contributed by atoms with E-state index in [1.54, 1.807) is 12.1 Å². The summed E-state index contributed by atoms with van der Waals surface area (Å²) in [6.45, 7) is 3.01. The van der Waals surface area contributed by atoms with Crippen LogP contribution in [0.4, 0.5) is 0 Å². The van der Waals surface area contributed by atoms with Crippen molar-refractivity contribution < 1.29 is 4.74 Å². The third-order valence-corrected chi connectivity index (χ3v) is 6.48. The van der Waals surface area contributed by atoms with Crippen molar-refractivity contribution in [3.8, 4) is 11.8 Å². The van der Waals surface area contributed by atoms with Crippen molar-refractivity contribution >= 4 is 0 Å². The number of rotatable bonds is 12. The van der Waals surface area contributed by atoms with E-state index >= 15 is 0 Å². The number of nitrogens with zero attached hydrogens (tertiary/aromatic N) is 3. The molecule has 1 saturated carbocycles. The van der Waals surface area contributed by atoms with Gasteiger partial charge in [0.15, 0.2) is 0 Å². The van der Waals surface area contributed by atoms with Gasteiger partial charge in [0.25, 0.3) is 0 Å². The van der Waals surface area contributed by atoms with Crippen molar-refractivity contribution in [3.63, 3.8) is 0 Å². The van der Waals surface area contributed by atoms with Gasteiger partial charge in [-0.05, 0) is 74.3 Å². The van der Waals surface area contributed by atoms with Crippen LogP contribution in [0.3, 0.4) is 0 Å². The number of ether oxygens (including phenoxy) is 1. The summed E-state index contributed by atoms with van der Waals surface area (Å²) in [7, 11) is 0. The van der Waals surface area contributed by atoms with Crippen LogP contribution in [0.1, 0.15) is 100 Å². The molecule has 1 aromatic carbocycles. The Morgan fingerprint density at radius 3 is 2.19 bits per heavy atom. The maximum absolute atomic E-state index is 8.88. The molecule has 1 aliphatic rings. The van der Waals surface area contributed by atoms with Crippen molar-refractivity contribution in [1.82, 2.24) is 9.97 Å². The SMILES string of the molecule is CCCCCCCCCc1cnc(C2CCC(COc3ccc(C#N)cc3)CC2)nc1. The molecule has 1 fully saturated rings. The second-order valence-electron chi connectivity index (χ2n) is 8.99. The predicted octanol–water partition coefficient (Wildman–Crippen LogP) is 6.99. The Balaban J connectivity index is 1.33. The van der Waals surface area contributed by atoms with E-state index in [2.05, 4.69) is 25.4 Å². The standard InChI is InChI=1S/C27H37N3O/c1-2-3-4-5-6-7-8-9-24-19-29-27(30-20-24)25-14-10-23(11-15-25)21-31-26-16-12-22(18-28)13-17-26/h12-13,16-17,19-20,23,25H,2-11,14-15,21H2,1H3. The first-order valence-electron chi connectivity index (χ1n) is 12.2. The number of benzene rings is 1. The topological polar surface area (TPSA) is 58.8 Å². The molecule has 2 aromatic rings. The summed E-state index contributed by atoms with van der Waals surface area (Å²) in [5, 5.41) is 8.88. The molecule has 4 heteroatoms. The molecular formula is C27H37N3O. The van der Waals surface area contributed by atoms with Gasteiger partial charge < -0.3 is 4.74 Å². The molecule has 4 nitrogen and oxygen atoms in total. The van der Waals surface area contributed by atoms with E-state index in [4.69, 9.17) is 20.0 Å². The summed E-state index contributed by atoms with van der Waals surface area (Å²) in [4.78, 5) is 9.42. The molecule has 1 aromatic heterocycles. The first-order valence-corrected chi connectivity index (χ1v) is 12.2. The minimum Gasteiger partial charge on any atom is -0.493 e. The molecule has 0 amide bonds. The second-order valence-corrected chi connectivity index (χ2v) is 8.99. The third-order valence-electron chi connectivity index (χ3n) is 6.48. The summed E-state index contributed by atoms with van der Waals surface area (Å²) in [5.74, 6) is 2.94. The van der Waals surface area contributed by atoms with Crippen LogP contribution >= 0.6 is 0 Å². The number of aromatic nitrogens is 2. The molecule has 0 aliphatic heterocycles. The fraction of sp³-hybridized carbons (Fsp3) is 0.593. The van der Waals surface area contributed by atoms with Crippen molar-refractivity contribution in [1.29, 1.82) is 5.26 Å². The number of nitriles is 1. The Labute approximate surface area is 188 Å². The summed E-state index contributed by atoms with van der Waals surface area (Å²) in [6.07, 6.45) is 19.2. The largest absolute Gasteiger partial charge is 0.493 e. The molecular weight excluding hydrogens is 382 g/mol. The number of hydrogen-bond acceptors (Lipinski definition) is 4. The maximum atomic E-state index is 8.88. The Morgan fingerprint density at radius 1 is 0.903 bits per heavy atom. The molecule has 0 unspecified atom stereocenters. The van der Waals surface area contributed by atoms with Gasteiger partial charge in [-0.1, -0.05) is 45.4 Å². The number of hydrogen-bond donors (Lipinski definition) is 0. The van der Waals surface area contributed by atoms with E-state index in [1.165, 1.54) is 50.5 Å². The quantitative estimate of drug-likeness (QED) is 0.348. The summed E-state index contributed by atoms with van der Waals surface area (Å²) in [5.41, 5.74) is 1.95. The van der Waals surface area contributed by atoms with Crippen LogP contribution < -0.4 is 4.74 Å². The van der Waals surface area contributed by atoms with E-state index in [0.717, 1.165) is 50.3 Å². The minimum atomic E-state index is 0.485. The van der Waals surface area contributed by atoms with Crippen LogP contribution in [0.2, 0.25) is 0 Å². The molecule has 0 N–H and O–H groups in total. The van der Waals surface area contributed by atoms with Crippen LogP contribution in [0.5, 0.6) is 5.75 Å². The molecule has 0 atom stereocenters. The van der Waals surface area contributed by atoms with Crippen LogP contribution in [-0.4, -0.2) is 16.6 Å². The average Bonchev–Trinajstić information content (AvgIpc) is 2.83. The van der Waals surface area contributed by atoms with Crippen LogP contribution in [0, 0.1) is 17.2 Å². The van der Waals surface area contributed by atoms with Crippen molar-refractivity contribution in [3.05, 3.63) is 53.6 Å². The molecule has 1 aliphatic carbocycles. The van der Waals surface area contributed by atoms with Gasteiger partial charge in [0.05, 0.1) is 18.2 Å². The zero-order valence-electron chi connectivity index (χ0n) is 19.1. The lowest BCUT2D eigenvalue weighted by atomic mass is 9.82. The van der Waals surface area contributed by atoms with Gasteiger partial charge in [0, 0.05) is 18.3 Å². The van der Waals surface area contributed by atoms with E-state index in [9.17, 15) is 0 Å². The minimum absolute atomic E-state index is 0.485. The monoisotopic (exact) mass is 419 g/mol. The molecule has 0 radical (unpaired) electrons. The van der Waals surface area contributed by atoms with Gasteiger partial charge in [-0.15, -0.1) is 0 Å². The lowest BCUT2D eigenvalue weighted by molar-refractivity contribution is 0.198. The first-order chi connectivity index (χ1) is 15.3. The highest BCUT2D eigenvalue weighted by Gasteiger charge is 2.24. The summed E-state index contributed by atoms with van der Waals surface area (Å²) < 4.78 is 5.93. The van der Waals surface area contributed by atoms with Gasteiger partial charge in [-0.2, -0.15) is 5.26 Å². The highest BCUT2D eigenvalue weighted by molar-refractivity contribution is 5.34. The Morgan fingerprint density at radius 2 is 1.55 bits per heavy atom. The van der Waals surface area contributed by atoms with Crippen LogP contribution in [-0.2, 0) is 6.42 Å². The first kappa shape index (κ1) is 23.3. The fourth-order valence-corrected chi connectivity index (χ4v) is 4.42. The zero-order valence-corrected chi connectivity index (χ0v) is 19.1. The Kier molecular flexibility index (Phi) is 9.83. The predicted molar refractivity (Wildman–Crippen MR) is 125 cm³/mol. The average molecular weight is 420 g/mol. The Hall–Kier alpha value is -2.41. The highest BCUT2D eigenvalue weighted by atomic mass is 16.5.